The summed E-state index contributed by atoms with van der Waals surface area (Å²) in [5.74, 6) is -1.16. The highest BCUT2D eigenvalue weighted by molar-refractivity contribution is 6.31. The first-order valence-electron chi connectivity index (χ1n) is 8.01. The number of rotatable bonds is 6. The highest BCUT2D eigenvalue weighted by Crippen LogP contribution is 2.23. The van der Waals surface area contributed by atoms with Gasteiger partial charge in [0.1, 0.15) is 11.5 Å². The van der Waals surface area contributed by atoms with Crippen molar-refractivity contribution in [2.45, 2.75) is 19.3 Å². The van der Waals surface area contributed by atoms with Crippen molar-refractivity contribution in [1.29, 1.82) is 5.41 Å². The molecule has 11 heteroatoms. The molecule has 1 heterocycles. The molecule has 144 valence electrons. The predicted molar refractivity (Wildman–Crippen MR) is 102 cm³/mol. The fourth-order valence-corrected chi connectivity index (χ4v) is 2.37. The maximum atomic E-state index is 12.1. The lowest BCUT2D eigenvalue weighted by Gasteiger charge is -2.10. The Bertz CT molecular complexity index is 860. The number of aryl methyl sites for hydroxylation is 1. The molecule has 27 heavy (non-hydrogen) atoms. The molecule has 2 rings (SSSR count). The van der Waals surface area contributed by atoms with E-state index in [-0.39, 0.29) is 39.9 Å². The van der Waals surface area contributed by atoms with Crippen LogP contribution >= 0.6 is 11.6 Å². The Balaban J connectivity index is 1.74. The number of hydrogen-bond acceptors (Lipinski definition) is 8. The molecule has 0 unspecified atom stereocenters. The van der Waals surface area contributed by atoms with Crippen molar-refractivity contribution in [3.8, 4) is 11.5 Å². The van der Waals surface area contributed by atoms with E-state index in [1.54, 1.807) is 6.07 Å². The summed E-state index contributed by atoms with van der Waals surface area (Å²) >= 11 is 5.72. The normalized spacial score (nSPS) is 10.4. The Hall–Kier alpha value is -3.27. The van der Waals surface area contributed by atoms with Crippen molar-refractivity contribution >= 4 is 35.1 Å². The number of aromatic nitrogens is 2. The minimum atomic E-state index is -0.728. The summed E-state index contributed by atoms with van der Waals surface area (Å²) in [4.78, 5) is 19.5. The lowest BCUT2D eigenvalue weighted by Crippen LogP contribution is -2.41. The van der Waals surface area contributed by atoms with Gasteiger partial charge in [-0.2, -0.15) is 0 Å². The van der Waals surface area contributed by atoms with Crippen LogP contribution in [0, 0.1) is 5.41 Å². The van der Waals surface area contributed by atoms with Gasteiger partial charge in [-0.15, -0.1) is 0 Å². The van der Waals surface area contributed by atoms with Crippen LogP contribution in [0.2, 0.25) is 5.15 Å². The monoisotopic (exact) mass is 393 g/mol. The summed E-state index contributed by atoms with van der Waals surface area (Å²) in [5, 5.41) is 31.6. The van der Waals surface area contributed by atoms with E-state index in [0.29, 0.717) is 19.4 Å². The zero-order valence-electron chi connectivity index (χ0n) is 14.3. The standard InChI is InChI=1S/C16H20ClN7O3/c17-12-14(19)23-13(18)11(22-12)15(27)24-16(20)21-6-2-1-3-8-4-5-9(25)7-10(8)26/h4-5,7,25-26H,1-3,6H2,(H4,18,19,23)(H3,20,21,24,27). The van der Waals surface area contributed by atoms with Crippen LogP contribution in [0.1, 0.15) is 28.9 Å². The molecule has 0 aliphatic carbocycles. The van der Waals surface area contributed by atoms with Gasteiger partial charge in [0, 0.05) is 12.6 Å². The van der Waals surface area contributed by atoms with E-state index in [9.17, 15) is 15.0 Å². The number of nitrogen functional groups attached to an aromatic ring is 2. The summed E-state index contributed by atoms with van der Waals surface area (Å²) in [6.45, 7) is 0.432. The highest BCUT2D eigenvalue weighted by Gasteiger charge is 2.16. The smallest absolute Gasteiger partial charge is 0.280 e. The van der Waals surface area contributed by atoms with Crippen molar-refractivity contribution in [2.75, 3.05) is 18.0 Å². The van der Waals surface area contributed by atoms with Gasteiger partial charge in [-0.05, 0) is 30.9 Å². The van der Waals surface area contributed by atoms with Crippen LogP contribution in [-0.4, -0.2) is 38.6 Å². The molecule has 1 amide bonds. The second-order valence-corrected chi connectivity index (χ2v) is 6.02. The number of phenolic OH excluding ortho intramolecular Hbond substituents is 2. The number of carbonyl (C=O) groups excluding carboxylic acids is 1. The molecule has 0 aliphatic heterocycles. The van der Waals surface area contributed by atoms with Gasteiger partial charge in [-0.3, -0.25) is 15.5 Å². The number of aromatic hydroxyl groups is 2. The Kier molecular flexibility index (Phi) is 6.61. The quantitative estimate of drug-likeness (QED) is 0.215. The number of hydrogen-bond donors (Lipinski definition) is 7. The number of benzene rings is 1. The number of amides is 1. The molecule has 0 saturated heterocycles. The number of nitrogens with two attached hydrogens (primary N) is 2. The molecule has 0 radical (unpaired) electrons. The van der Waals surface area contributed by atoms with Gasteiger partial charge in [0.15, 0.2) is 28.4 Å². The molecule has 0 spiro atoms. The molecule has 0 bridgehead atoms. The lowest BCUT2D eigenvalue weighted by molar-refractivity contribution is 0.0971. The van der Waals surface area contributed by atoms with Crippen molar-refractivity contribution in [3.63, 3.8) is 0 Å². The third kappa shape index (κ3) is 5.61. The number of phenols is 2. The molecule has 0 saturated carbocycles. The van der Waals surface area contributed by atoms with Gasteiger partial charge in [0.05, 0.1) is 0 Å². The molecule has 1 aromatic carbocycles. The lowest BCUT2D eigenvalue weighted by atomic mass is 10.1. The van der Waals surface area contributed by atoms with Crippen LogP contribution in [0.15, 0.2) is 18.2 Å². The zero-order valence-corrected chi connectivity index (χ0v) is 15.0. The van der Waals surface area contributed by atoms with E-state index in [4.69, 9.17) is 28.5 Å². The fraction of sp³-hybridized carbons (Fsp3) is 0.250. The van der Waals surface area contributed by atoms with Gasteiger partial charge in [-0.1, -0.05) is 17.7 Å². The number of guanidine groups is 1. The number of nitrogens with one attached hydrogen (secondary N) is 3. The van der Waals surface area contributed by atoms with Gasteiger partial charge in [0.25, 0.3) is 5.91 Å². The largest absolute Gasteiger partial charge is 0.508 e. The summed E-state index contributed by atoms with van der Waals surface area (Å²) in [6, 6.07) is 4.46. The second-order valence-electron chi connectivity index (χ2n) is 5.66. The summed E-state index contributed by atoms with van der Waals surface area (Å²) in [5.41, 5.74) is 11.5. The van der Waals surface area contributed by atoms with Crippen LogP contribution in [0.3, 0.4) is 0 Å². The van der Waals surface area contributed by atoms with Crippen molar-refractivity contribution in [3.05, 3.63) is 34.6 Å². The van der Waals surface area contributed by atoms with Crippen LogP contribution in [0.4, 0.5) is 11.6 Å². The number of nitrogens with zero attached hydrogens (tertiary/aromatic N) is 2. The van der Waals surface area contributed by atoms with E-state index in [0.717, 1.165) is 12.0 Å². The third-order valence-corrected chi connectivity index (χ3v) is 3.88. The SMILES string of the molecule is N=C(NCCCCc1ccc(O)cc1O)NC(=O)c1nc(Cl)c(N)nc1N. The summed E-state index contributed by atoms with van der Waals surface area (Å²) < 4.78 is 0. The Morgan fingerprint density at radius 1 is 1.19 bits per heavy atom. The van der Waals surface area contributed by atoms with Crippen LogP contribution in [0.25, 0.3) is 0 Å². The van der Waals surface area contributed by atoms with Gasteiger partial charge < -0.3 is 27.0 Å². The Labute approximate surface area is 160 Å². The Morgan fingerprint density at radius 3 is 2.63 bits per heavy atom. The first-order valence-corrected chi connectivity index (χ1v) is 8.39. The molecule has 1 aromatic heterocycles. The molecule has 0 aliphatic rings. The summed E-state index contributed by atoms with van der Waals surface area (Å²) in [7, 11) is 0. The summed E-state index contributed by atoms with van der Waals surface area (Å²) in [6.07, 6.45) is 2.04. The number of halogens is 1. The molecule has 0 atom stereocenters. The number of unbranched alkanes of at least 4 members (excludes halogenated alkanes) is 1. The molecular formula is C16H20ClN7O3. The number of anilines is 2. The van der Waals surface area contributed by atoms with Gasteiger partial charge >= 0.3 is 0 Å². The van der Waals surface area contributed by atoms with Crippen LogP contribution in [0.5, 0.6) is 11.5 Å². The van der Waals surface area contributed by atoms with Gasteiger partial charge in [-0.25, -0.2) is 9.97 Å². The minimum Gasteiger partial charge on any atom is -0.508 e. The molecule has 10 nitrogen and oxygen atoms in total. The van der Waals surface area contributed by atoms with Gasteiger partial charge in [0.2, 0.25) is 0 Å². The molecule has 9 N–H and O–H groups in total. The minimum absolute atomic E-state index is 0.00910. The van der Waals surface area contributed by atoms with E-state index < -0.39 is 5.91 Å². The molecule has 0 fully saturated rings. The zero-order chi connectivity index (χ0) is 20.0. The third-order valence-electron chi connectivity index (χ3n) is 3.60. The average Bonchev–Trinajstić information content (AvgIpc) is 2.59. The fourth-order valence-electron chi connectivity index (χ4n) is 2.24. The van der Waals surface area contributed by atoms with Crippen molar-refractivity contribution in [2.24, 2.45) is 0 Å². The highest BCUT2D eigenvalue weighted by atomic mass is 35.5. The number of carbonyl (C=O) groups is 1. The second kappa shape index (κ2) is 8.90. The Morgan fingerprint density at radius 2 is 1.93 bits per heavy atom. The van der Waals surface area contributed by atoms with E-state index in [1.807, 2.05) is 0 Å². The van der Waals surface area contributed by atoms with Crippen LogP contribution < -0.4 is 22.1 Å². The molecular weight excluding hydrogens is 374 g/mol. The topological polar surface area (TPSA) is 183 Å². The first-order chi connectivity index (χ1) is 12.8. The van der Waals surface area contributed by atoms with Crippen LogP contribution in [-0.2, 0) is 6.42 Å². The first kappa shape index (κ1) is 20.0. The molecule has 2 aromatic rings. The van der Waals surface area contributed by atoms with E-state index in [1.165, 1.54) is 12.1 Å². The van der Waals surface area contributed by atoms with E-state index in [2.05, 4.69) is 20.6 Å². The van der Waals surface area contributed by atoms with Crippen molar-refractivity contribution < 1.29 is 15.0 Å². The average molecular weight is 394 g/mol. The maximum Gasteiger partial charge on any atom is 0.280 e. The van der Waals surface area contributed by atoms with E-state index >= 15 is 0 Å². The maximum absolute atomic E-state index is 12.1. The van der Waals surface area contributed by atoms with Crippen molar-refractivity contribution in [1.82, 2.24) is 20.6 Å². The predicted octanol–water partition coefficient (Wildman–Crippen LogP) is 0.983.